The molecule has 0 spiro atoms. The lowest BCUT2D eigenvalue weighted by molar-refractivity contribution is -0.167. The van der Waals surface area contributed by atoms with Gasteiger partial charge in [-0.05, 0) is 109 Å². The van der Waals surface area contributed by atoms with E-state index in [-0.39, 0.29) is 31.1 Å². The molecule has 1 unspecified atom stereocenters. The van der Waals surface area contributed by atoms with E-state index in [1.54, 1.807) is 0 Å². The van der Waals surface area contributed by atoms with Crippen molar-refractivity contribution in [2.75, 3.05) is 13.2 Å². The summed E-state index contributed by atoms with van der Waals surface area (Å²) >= 11 is 0. The van der Waals surface area contributed by atoms with Crippen LogP contribution in [-0.2, 0) is 28.6 Å². The van der Waals surface area contributed by atoms with Crippen molar-refractivity contribution in [3.63, 3.8) is 0 Å². The highest BCUT2D eigenvalue weighted by Gasteiger charge is 2.19. The predicted octanol–water partition coefficient (Wildman–Crippen LogP) is 22.5. The minimum absolute atomic E-state index is 0.0818. The average molecular weight is 1060 g/mol. The summed E-state index contributed by atoms with van der Waals surface area (Å²) in [5.74, 6) is -0.892. The molecule has 0 bridgehead atoms. The number of allylic oxidation sites excluding steroid dienone is 12. The predicted molar refractivity (Wildman–Crippen MR) is 330 cm³/mol. The van der Waals surface area contributed by atoms with Crippen LogP contribution in [-0.4, -0.2) is 37.2 Å². The van der Waals surface area contributed by atoms with Crippen molar-refractivity contribution < 1.29 is 28.6 Å². The van der Waals surface area contributed by atoms with Crippen LogP contribution < -0.4 is 0 Å². The van der Waals surface area contributed by atoms with Crippen LogP contribution in [0.25, 0.3) is 0 Å². The molecule has 1 atom stereocenters. The highest BCUT2D eigenvalue weighted by molar-refractivity contribution is 5.71. The number of ether oxygens (including phenoxy) is 3. The summed E-state index contributed by atoms with van der Waals surface area (Å²) in [6.45, 7) is 6.57. The van der Waals surface area contributed by atoms with Gasteiger partial charge in [0, 0.05) is 19.3 Å². The van der Waals surface area contributed by atoms with Gasteiger partial charge >= 0.3 is 17.9 Å². The van der Waals surface area contributed by atoms with Gasteiger partial charge in [0.1, 0.15) is 13.2 Å². The summed E-state index contributed by atoms with van der Waals surface area (Å²) in [7, 11) is 0. The second-order valence-corrected chi connectivity index (χ2v) is 22.0. The molecule has 0 aliphatic rings. The lowest BCUT2D eigenvalue weighted by Crippen LogP contribution is -2.30. The topological polar surface area (TPSA) is 78.9 Å². The molecule has 440 valence electrons. The fourth-order valence-electron chi connectivity index (χ4n) is 9.43. The highest BCUT2D eigenvalue weighted by Crippen LogP contribution is 2.17. The molecule has 0 rings (SSSR count). The first-order chi connectivity index (χ1) is 37.5. The van der Waals surface area contributed by atoms with Crippen LogP contribution >= 0.6 is 0 Å². The molecule has 0 saturated carbocycles. The summed E-state index contributed by atoms with van der Waals surface area (Å²) in [6.07, 6.45) is 83.5. The normalized spacial score (nSPS) is 12.5. The zero-order valence-electron chi connectivity index (χ0n) is 50.5. The van der Waals surface area contributed by atoms with Crippen molar-refractivity contribution in [1.29, 1.82) is 0 Å². The van der Waals surface area contributed by atoms with E-state index in [0.717, 1.165) is 103 Å². The van der Waals surface area contributed by atoms with Gasteiger partial charge in [0.05, 0.1) is 0 Å². The van der Waals surface area contributed by atoms with E-state index in [0.29, 0.717) is 19.3 Å². The number of carbonyl (C=O) groups is 3. The Morgan fingerprint density at radius 3 is 0.803 bits per heavy atom. The van der Waals surface area contributed by atoms with Gasteiger partial charge in [-0.2, -0.15) is 0 Å². The SMILES string of the molecule is CCC/C=C\CCCCCCCC(=O)OCC(COC(=O)CCCCCCCCCCCCCCCCC/C=C\C/C=C\CCCCCCC)OC(=O)CCCCCCCC/C=C\C/C=C\C/C=C\CCCCCCC. The van der Waals surface area contributed by atoms with E-state index in [9.17, 15) is 14.4 Å². The van der Waals surface area contributed by atoms with Crippen molar-refractivity contribution in [2.45, 2.75) is 341 Å². The zero-order chi connectivity index (χ0) is 55.0. The molecule has 0 aliphatic carbocycles. The largest absolute Gasteiger partial charge is 0.462 e. The van der Waals surface area contributed by atoms with E-state index in [1.165, 1.54) is 193 Å². The van der Waals surface area contributed by atoms with Crippen molar-refractivity contribution >= 4 is 17.9 Å². The number of rotatable bonds is 60. The number of hydrogen-bond donors (Lipinski definition) is 0. The van der Waals surface area contributed by atoms with E-state index in [4.69, 9.17) is 14.2 Å². The fourth-order valence-corrected chi connectivity index (χ4v) is 9.43. The Bertz CT molecular complexity index is 1400. The molecule has 0 fully saturated rings. The number of esters is 3. The molecule has 0 aliphatic heterocycles. The lowest BCUT2D eigenvalue weighted by atomic mass is 10.0. The molecule has 0 radical (unpaired) electrons. The quantitative estimate of drug-likeness (QED) is 0.0261. The van der Waals surface area contributed by atoms with Crippen LogP contribution in [0.15, 0.2) is 72.9 Å². The molecule has 6 heteroatoms. The molecule has 0 aromatic rings. The second kappa shape index (κ2) is 64.4. The maximum atomic E-state index is 12.9. The molecular formula is C70H124O6. The van der Waals surface area contributed by atoms with Crippen molar-refractivity contribution in [3.05, 3.63) is 72.9 Å². The molecule has 0 saturated heterocycles. The Balaban J connectivity index is 4.22. The standard InChI is InChI=1S/C70H124O6/c1-4-7-10-13-16-19-22-24-26-28-30-32-33-34-35-36-37-39-40-42-44-46-48-51-54-57-60-63-69(72)75-66-67(65-74-68(71)62-59-56-53-50-21-18-15-12-9-6-3)76-70(73)64-61-58-55-52-49-47-45-43-41-38-31-29-27-25-23-20-17-14-11-8-5-2/h12,15,22-25,28-31,41,43,67H,4-11,13-14,16-21,26-27,32-40,42,44-66H2,1-3H3/b15-12-,24-22-,25-23-,30-28-,31-29-,43-41-. The van der Waals surface area contributed by atoms with Gasteiger partial charge in [0.15, 0.2) is 6.10 Å². The van der Waals surface area contributed by atoms with Gasteiger partial charge in [-0.15, -0.1) is 0 Å². The van der Waals surface area contributed by atoms with E-state index < -0.39 is 6.10 Å². The summed E-state index contributed by atoms with van der Waals surface area (Å²) in [4.78, 5) is 38.2. The molecule has 0 heterocycles. The highest BCUT2D eigenvalue weighted by atomic mass is 16.6. The summed E-state index contributed by atoms with van der Waals surface area (Å²) < 4.78 is 16.9. The number of unbranched alkanes of at least 4 members (excludes halogenated alkanes) is 37. The Labute approximate surface area is 472 Å². The maximum Gasteiger partial charge on any atom is 0.306 e. The van der Waals surface area contributed by atoms with Crippen LogP contribution in [0.3, 0.4) is 0 Å². The van der Waals surface area contributed by atoms with Gasteiger partial charge in [-0.1, -0.05) is 280 Å². The van der Waals surface area contributed by atoms with Gasteiger partial charge < -0.3 is 14.2 Å². The van der Waals surface area contributed by atoms with Crippen molar-refractivity contribution in [2.24, 2.45) is 0 Å². The molecular weight excluding hydrogens is 937 g/mol. The maximum absolute atomic E-state index is 12.9. The Kier molecular flexibility index (Phi) is 61.7. The second-order valence-electron chi connectivity index (χ2n) is 22.0. The monoisotopic (exact) mass is 1060 g/mol. The third-order valence-electron chi connectivity index (χ3n) is 14.4. The van der Waals surface area contributed by atoms with Crippen molar-refractivity contribution in [1.82, 2.24) is 0 Å². The fraction of sp³-hybridized carbons (Fsp3) is 0.786. The van der Waals surface area contributed by atoms with Gasteiger partial charge in [-0.3, -0.25) is 14.4 Å². The molecule has 6 nitrogen and oxygen atoms in total. The lowest BCUT2D eigenvalue weighted by Gasteiger charge is -2.18. The van der Waals surface area contributed by atoms with Gasteiger partial charge in [-0.25, -0.2) is 0 Å². The molecule has 0 N–H and O–H groups in total. The molecule has 76 heavy (non-hydrogen) atoms. The summed E-state index contributed by atoms with van der Waals surface area (Å²) in [5, 5.41) is 0. The minimum Gasteiger partial charge on any atom is -0.462 e. The Morgan fingerprint density at radius 2 is 0.500 bits per heavy atom. The molecule has 0 aromatic carbocycles. The van der Waals surface area contributed by atoms with Crippen LogP contribution in [0.5, 0.6) is 0 Å². The van der Waals surface area contributed by atoms with E-state index in [1.807, 2.05) is 0 Å². The van der Waals surface area contributed by atoms with Crippen LogP contribution in [0.1, 0.15) is 335 Å². The zero-order valence-corrected chi connectivity index (χ0v) is 50.5. The number of hydrogen-bond acceptors (Lipinski definition) is 6. The smallest absolute Gasteiger partial charge is 0.306 e. The molecule has 0 amide bonds. The summed E-state index contributed by atoms with van der Waals surface area (Å²) in [6, 6.07) is 0. The first-order valence-electron chi connectivity index (χ1n) is 32.9. The molecule has 0 aromatic heterocycles. The Morgan fingerprint density at radius 1 is 0.263 bits per heavy atom. The first kappa shape index (κ1) is 72.8. The van der Waals surface area contributed by atoms with E-state index >= 15 is 0 Å². The van der Waals surface area contributed by atoms with Crippen LogP contribution in [0, 0.1) is 0 Å². The minimum atomic E-state index is -0.786. The third-order valence-corrected chi connectivity index (χ3v) is 14.4. The first-order valence-corrected chi connectivity index (χ1v) is 32.9. The van der Waals surface area contributed by atoms with Crippen LogP contribution in [0.4, 0.5) is 0 Å². The van der Waals surface area contributed by atoms with Gasteiger partial charge in [0.25, 0.3) is 0 Å². The third kappa shape index (κ3) is 61.7. The summed E-state index contributed by atoms with van der Waals surface area (Å²) in [5.41, 5.74) is 0. The van der Waals surface area contributed by atoms with Crippen LogP contribution in [0.2, 0.25) is 0 Å². The van der Waals surface area contributed by atoms with E-state index in [2.05, 4.69) is 93.7 Å². The number of carbonyl (C=O) groups excluding carboxylic acids is 3. The van der Waals surface area contributed by atoms with Gasteiger partial charge in [0.2, 0.25) is 0 Å². The average Bonchev–Trinajstić information content (AvgIpc) is 3.42. The van der Waals surface area contributed by atoms with Crippen molar-refractivity contribution in [3.8, 4) is 0 Å². The Hall–Kier alpha value is -3.15.